The van der Waals surface area contributed by atoms with Gasteiger partial charge in [-0.3, -0.25) is 24.2 Å². The summed E-state index contributed by atoms with van der Waals surface area (Å²) < 4.78 is 28.1. The molecule has 0 amide bonds. The van der Waals surface area contributed by atoms with Gasteiger partial charge in [-0.25, -0.2) is 4.98 Å². The predicted octanol–water partition coefficient (Wildman–Crippen LogP) is 3.46. The van der Waals surface area contributed by atoms with E-state index in [1.165, 1.54) is 13.8 Å². The van der Waals surface area contributed by atoms with Gasteiger partial charge in [0.05, 0.1) is 5.56 Å². The Bertz CT molecular complexity index is 1410. The molecule has 1 saturated heterocycles. The summed E-state index contributed by atoms with van der Waals surface area (Å²) in [5.74, 6) is -2.75. The number of nitriles is 1. The molecule has 4 rings (SSSR count). The summed E-state index contributed by atoms with van der Waals surface area (Å²) >= 11 is 1.02. The van der Waals surface area contributed by atoms with E-state index in [2.05, 4.69) is 11.1 Å². The quantitative estimate of drug-likeness (QED) is 0.242. The van der Waals surface area contributed by atoms with Crippen LogP contribution in [0.1, 0.15) is 63.8 Å². The fraction of sp³-hybridized carbons (Fsp3) is 0.500. The summed E-state index contributed by atoms with van der Waals surface area (Å²) in [5, 5.41) is 10.8. The van der Waals surface area contributed by atoms with Crippen molar-refractivity contribution in [3.8, 4) is 17.2 Å². The number of nitrogens with zero attached hydrogens (tertiary/aromatic N) is 3. The van der Waals surface area contributed by atoms with Crippen LogP contribution in [-0.2, 0) is 55.7 Å². The molecule has 0 spiro atoms. The predicted molar refractivity (Wildman–Crippen MR) is 151 cm³/mol. The number of carbonyl (C=O) groups is 4. The molecule has 3 heterocycles. The molecule has 13 heteroatoms. The van der Waals surface area contributed by atoms with Crippen molar-refractivity contribution in [2.75, 3.05) is 6.61 Å². The molecule has 1 aliphatic heterocycles. The lowest BCUT2D eigenvalue weighted by Crippen LogP contribution is -2.61. The van der Waals surface area contributed by atoms with Crippen molar-refractivity contribution in [3.05, 3.63) is 41.3 Å². The summed E-state index contributed by atoms with van der Waals surface area (Å²) in [7, 11) is 0. The van der Waals surface area contributed by atoms with Crippen LogP contribution in [-0.4, -0.2) is 70.3 Å². The average Bonchev–Trinajstić information content (AvgIpc) is 3.19. The summed E-state index contributed by atoms with van der Waals surface area (Å²) in [5.41, 5.74) is 2.64. The molecule has 2 aromatic rings. The average molecular weight is 612 g/mol. The Morgan fingerprint density at radius 3 is 2.16 bits per heavy atom. The van der Waals surface area contributed by atoms with Crippen molar-refractivity contribution in [1.82, 2.24) is 9.97 Å². The molecule has 5 atom stereocenters. The first-order valence-corrected chi connectivity index (χ1v) is 14.8. The van der Waals surface area contributed by atoms with Crippen LogP contribution in [0.2, 0.25) is 0 Å². The van der Waals surface area contributed by atoms with E-state index >= 15 is 0 Å². The van der Waals surface area contributed by atoms with Crippen molar-refractivity contribution in [2.24, 2.45) is 0 Å². The highest BCUT2D eigenvalue weighted by Crippen LogP contribution is 2.42. The van der Waals surface area contributed by atoms with Crippen LogP contribution >= 0.6 is 11.8 Å². The van der Waals surface area contributed by atoms with Crippen molar-refractivity contribution < 1.29 is 42.9 Å². The van der Waals surface area contributed by atoms with Gasteiger partial charge in [-0.15, -0.1) is 0 Å². The van der Waals surface area contributed by atoms with Crippen LogP contribution in [0.3, 0.4) is 0 Å². The van der Waals surface area contributed by atoms with Crippen LogP contribution in [0.15, 0.2) is 29.6 Å². The molecule has 0 saturated carbocycles. The molecular weight excluding hydrogens is 578 g/mol. The van der Waals surface area contributed by atoms with Gasteiger partial charge in [0.1, 0.15) is 23.8 Å². The fourth-order valence-electron chi connectivity index (χ4n) is 5.31. The zero-order chi connectivity index (χ0) is 31.1. The molecule has 43 heavy (non-hydrogen) atoms. The van der Waals surface area contributed by atoms with Gasteiger partial charge in [0, 0.05) is 51.3 Å². The van der Waals surface area contributed by atoms with Gasteiger partial charge in [0.15, 0.2) is 23.7 Å². The number of hydrogen-bond acceptors (Lipinski definition) is 13. The normalized spacial score (nSPS) is 23.1. The van der Waals surface area contributed by atoms with Gasteiger partial charge >= 0.3 is 23.9 Å². The number of carbonyl (C=O) groups excluding carboxylic acids is 4. The first-order chi connectivity index (χ1) is 20.6. The van der Waals surface area contributed by atoms with Crippen molar-refractivity contribution in [3.63, 3.8) is 0 Å². The molecule has 12 nitrogen and oxygen atoms in total. The molecule has 0 unspecified atom stereocenters. The molecule has 0 radical (unpaired) electrons. The molecular formula is C30H33N3O9S. The first kappa shape index (κ1) is 31.9. The summed E-state index contributed by atoms with van der Waals surface area (Å²) in [4.78, 5) is 57.3. The monoisotopic (exact) mass is 611 g/mol. The van der Waals surface area contributed by atoms with Crippen LogP contribution in [0.4, 0.5) is 0 Å². The molecule has 228 valence electrons. The maximum absolute atomic E-state index is 12.3. The molecule has 2 aromatic heterocycles. The van der Waals surface area contributed by atoms with Crippen molar-refractivity contribution >= 4 is 35.6 Å². The van der Waals surface area contributed by atoms with Gasteiger partial charge in [-0.2, -0.15) is 5.26 Å². The SMILES string of the molecule is CC(=O)OC[C@H]1O[C@@H](Sc2nc3c(c(-c4ccncc4)c2C#N)CCCCC3)[C@H](OC(C)=O)[C@@H](OC(C)=O)[C@H]1OC(C)=O. The van der Waals surface area contributed by atoms with E-state index < -0.39 is 53.7 Å². The van der Waals surface area contributed by atoms with Crippen LogP contribution in [0, 0.1) is 11.3 Å². The van der Waals surface area contributed by atoms with Gasteiger partial charge in [0.25, 0.3) is 0 Å². The highest BCUT2D eigenvalue weighted by atomic mass is 32.2. The highest BCUT2D eigenvalue weighted by Gasteiger charge is 2.52. The largest absolute Gasteiger partial charge is 0.463 e. The van der Waals surface area contributed by atoms with Crippen LogP contribution in [0.25, 0.3) is 11.1 Å². The number of rotatable bonds is 8. The van der Waals surface area contributed by atoms with E-state index in [0.717, 1.165) is 73.7 Å². The summed E-state index contributed by atoms with van der Waals surface area (Å²) in [6, 6.07) is 5.99. The molecule has 0 N–H and O–H groups in total. The number of aryl methyl sites for hydroxylation is 1. The fourth-order valence-corrected chi connectivity index (χ4v) is 6.51. The summed E-state index contributed by atoms with van der Waals surface area (Å²) in [6.07, 6.45) is 2.74. The highest BCUT2D eigenvalue weighted by molar-refractivity contribution is 7.99. The number of ether oxygens (including phenoxy) is 5. The van der Waals surface area contributed by atoms with Crippen molar-refractivity contribution in [1.29, 1.82) is 5.26 Å². The van der Waals surface area contributed by atoms with Gasteiger partial charge in [-0.05, 0) is 48.9 Å². The number of aromatic nitrogens is 2. The maximum Gasteiger partial charge on any atom is 0.303 e. The van der Waals surface area contributed by atoms with E-state index in [1.807, 2.05) is 12.1 Å². The summed E-state index contributed by atoms with van der Waals surface area (Å²) in [6.45, 7) is 4.37. The van der Waals surface area contributed by atoms with E-state index in [-0.39, 0.29) is 6.61 Å². The minimum Gasteiger partial charge on any atom is -0.463 e. The van der Waals surface area contributed by atoms with Crippen LogP contribution in [0.5, 0.6) is 0 Å². The Kier molecular flexibility index (Phi) is 10.7. The van der Waals surface area contributed by atoms with Gasteiger partial charge in [-0.1, -0.05) is 18.2 Å². The zero-order valence-electron chi connectivity index (χ0n) is 24.4. The Balaban J connectivity index is 1.85. The lowest BCUT2D eigenvalue weighted by Gasteiger charge is -2.44. The molecule has 1 fully saturated rings. The number of hydrogen-bond donors (Lipinski definition) is 0. The third kappa shape index (κ3) is 7.88. The molecule has 0 bridgehead atoms. The Labute approximate surface area is 253 Å². The van der Waals surface area contributed by atoms with E-state index in [4.69, 9.17) is 28.7 Å². The maximum atomic E-state index is 12.3. The Morgan fingerprint density at radius 1 is 0.907 bits per heavy atom. The van der Waals surface area contributed by atoms with E-state index in [9.17, 15) is 24.4 Å². The van der Waals surface area contributed by atoms with E-state index in [0.29, 0.717) is 17.0 Å². The van der Waals surface area contributed by atoms with Gasteiger partial charge in [0.2, 0.25) is 0 Å². The lowest BCUT2D eigenvalue weighted by atomic mass is 9.93. The second-order valence-electron chi connectivity index (χ2n) is 10.2. The van der Waals surface area contributed by atoms with E-state index in [1.54, 1.807) is 12.4 Å². The number of fused-ring (bicyclic) bond motifs is 1. The molecule has 0 aromatic carbocycles. The number of pyridine rings is 2. The smallest absolute Gasteiger partial charge is 0.303 e. The third-order valence-corrected chi connectivity index (χ3v) is 8.08. The lowest BCUT2D eigenvalue weighted by molar-refractivity contribution is -0.237. The van der Waals surface area contributed by atoms with Gasteiger partial charge < -0.3 is 23.7 Å². The first-order valence-electron chi connectivity index (χ1n) is 13.9. The second kappa shape index (κ2) is 14.4. The van der Waals surface area contributed by atoms with Crippen LogP contribution < -0.4 is 0 Å². The number of esters is 4. The minimum atomic E-state index is -1.32. The minimum absolute atomic E-state index is 0.310. The Hall–Kier alpha value is -4.02. The third-order valence-electron chi connectivity index (χ3n) is 6.95. The molecule has 2 aliphatic rings. The zero-order valence-corrected chi connectivity index (χ0v) is 25.2. The van der Waals surface area contributed by atoms with Crippen molar-refractivity contribution in [2.45, 2.75) is 94.7 Å². The second-order valence-corrected chi connectivity index (χ2v) is 11.3. The Morgan fingerprint density at radius 2 is 1.53 bits per heavy atom. The number of thioether (sulfide) groups is 1. The molecule has 1 aliphatic carbocycles. The topological polar surface area (TPSA) is 164 Å². The standard InChI is InChI=1S/C30H33N3O9S/c1-16(34)38-15-24-26(39-17(2)35)27(40-18(3)36)28(41-19(4)37)30(42-24)43-29-22(14-31)25(20-10-12-32-13-11-20)21-8-6-5-7-9-23(21)33-29/h10-13,24,26-28,30H,5-9,15H2,1-4H3/t24-,26+,27+,28-,30+/m1/s1.